The fraction of sp³-hybridized carbons (Fsp3) is 0.500. The molecule has 82 valence electrons. The van der Waals surface area contributed by atoms with Crippen molar-refractivity contribution in [3.05, 3.63) is 35.1 Å². The Morgan fingerprint density at radius 3 is 2.80 bits per heavy atom. The molecule has 1 aliphatic rings. The van der Waals surface area contributed by atoms with Crippen molar-refractivity contribution in [2.75, 3.05) is 0 Å². The molecule has 1 saturated carbocycles. The van der Waals surface area contributed by atoms with E-state index in [0.717, 1.165) is 17.5 Å². The van der Waals surface area contributed by atoms with E-state index in [0.29, 0.717) is 12.8 Å². The van der Waals surface area contributed by atoms with Gasteiger partial charge in [0, 0.05) is 6.04 Å². The van der Waals surface area contributed by atoms with Crippen molar-refractivity contribution < 1.29 is 9.50 Å². The molecule has 1 aromatic rings. The number of hydrogen-bond donors (Lipinski definition) is 2. The van der Waals surface area contributed by atoms with Gasteiger partial charge in [-0.3, -0.25) is 0 Å². The van der Waals surface area contributed by atoms with Crippen LogP contribution in [0.15, 0.2) is 18.2 Å². The summed E-state index contributed by atoms with van der Waals surface area (Å²) < 4.78 is 12.9. The zero-order valence-corrected chi connectivity index (χ0v) is 8.83. The molecule has 3 N–H and O–H groups in total. The van der Waals surface area contributed by atoms with Crippen molar-refractivity contribution in [2.45, 2.75) is 37.8 Å². The van der Waals surface area contributed by atoms with Gasteiger partial charge in [-0.1, -0.05) is 6.07 Å². The Balaban J connectivity index is 2.37. The Morgan fingerprint density at radius 2 is 2.27 bits per heavy atom. The summed E-state index contributed by atoms with van der Waals surface area (Å²) >= 11 is 0. The maximum absolute atomic E-state index is 12.9. The SMILES string of the molecule is Cc1cc(F)ccc1C1(O)CCC(N)C1. The smallest absolute Gasteiger partial charge is 0.123 e. The number of benzene rings is 1. The minimum atomic E-state index is -0.850. The highest BCUT2D eigenvalue weighted by Crippen LogP contribution is 2.39. The van der Waals surface area contributed by atoms with Gasteiger partial charge in [0.05, 0.1) is 5.60 Å². The standard InChI is InChI=1S/C12H16FNO/c1-8-6-9(13)2-3-11(8)12(15)5-4-10(14)7-12/h2-3,6,10,15H,4-5,7,14H2,1H3. The highest BCUT2D eigenvalue weighted by Gasteiger charge is 2.38. The number of hydrogen-bond acceptors (Lipinski definition) is 2. The molecule has 0 saturated heterocycles. The fourth-order valence-electron chi connectivity index (χ4n) is 2.46. The number of aliphatic hydroxyl groups is 1. The van der Waals surface area contributed by atoms with Gasteiger partial charge in [0.1, 0.15) is 5.82 Å². The molecule has 2 unspecified atom stereocenters. The predicted octanol–water partition coefficient (Wildman–Crippen LogP) is 1.83. The molecule has 15 heavy (non-hydrogen) atoms. The average Bonchev–Trinajstić information content (AvgIpc) is 2.46. The summed E-state index contributed by atoms with van der Waals surface area (Å²) in [6, 6.07) is 4.57. The summed E-state index contributed by atoms with van der Waals surface area (Å²) in [6.07, 6.45) is 2.06. The molecule has 2 nitrogen and oxygen atoms in total. The van der Waals surface area contributed by atoms with E-state index >= 15 is 0 Å². The van der Waals surface area contributed by atoms with Crippen LogP contribution in [0.25, 0.3) is 0 Å². The molecular formula is C12H16FNO. The first kappa shape index (κ1) is 10.6. The first-order valence-corrected chi connectivity index (χ1v) is 5.26. The summed E-state index contributed by atoms with van der Waals surface area (Å²) in [5.41, 5.74) is 6.56. The van der Waals surface area contributed by atoms with Crippen LogP contribution in [0.2, 0.25) is 0 Å². The highest BCUT2D eigenvalue weighted by atomic mass is 19.1. The normalized spacial score (nSPS) is 30.8. The Hall–Kier alpha value is -0.930. The fourth-order valence-corrected chi connectivity index (χ4v) is 2.46. The maximum atomic E-state index is 12.9. The molecule has 0 heterocycles. The van der Waals surface area contributed by atoms with Crippen LogP contribution in [-0.2, 0) is 5.60 Å². The third-order valence-electron chi connectivity index (χ3n) is 3.22. The maximum Gasteiger partial charge on any atom is 0.123 e. The zero-order chi connectivity index (χ0) is 11.1. The number of aryl methyl sites for hydroxylation is 1. The van der Waals surface area contributed by atoms with E-state index < -0.39 is 5.60 Å². The Labute approximate surface area is 88.9 Å². The largest absolute Gasteiger partial charge is 0.385 e. The summed E-state index contributed by atoms with van der Waals surface area (Å²) in [7, 11) is 0. The highest BCUT2D eigenvalue weighted by molar-refractivity contribution is 5.33. The first-order valence-electron chi connectivity index (χ1n) is 5.26. The van der Waals surface area contributed by atoms with Gasteiger partial charge in [-0.05, 0) is 49.4 Å². The van der Waals surface area contributed by atoms with Gasteiger partial charge >= 0.3 is 0 Å². The van der Waals surface area contributed by atoms with Crippen LogP contribution in [0, 0.1) is 12.7 Å². The Bertz CT molecular complexity index is 380. The van der Waals surface area contributed by atoms with E-state index in [1.807, 2.05) is 6.92 Å². The molecule has 0 aliphatic heterocycles. The van der Waals surface area contributed by atoms with Gasteiger partial charge in [0.2, 0.25) is 0 Å². The van der Waals surface area contributed by atoms with E-state index in [1.165, 1.54) is 12.1 Å². The molecule has 1 aliphatic carbocycles. The van der Waals surface area contributed by atoms with Crippen molar-refractivity contribution in [1.82, 2.24) is 0 Å². The zero-order valence-electron chi connectivity index (χ0n) is 8.83. The summed E-state index contributed by atoms with van der Waals surface area (Å²) in [5.74, 6) is -0.262. The topological polar surface area (TPSA) is 46.2 Å². The molecule has 0 amide bonds. The second-order valence-corrected chi connectivity index (χ2v) is 4.49. The Kier molecular flexibility index (Phi) is 2.52. The summed E-state index contributed by atoms with van der Waals surface area (Å²) in [5, 5.41) is 10.4. The molecule has 0 radical (unpaired) electrons. The second kappa shape index (κ2) is 3.58. The molecule has 3 heteroatoms. The predicted molar refractivity (Wildman–Crippen MR) is 56.9 cm³/mol. The summed E-state index contributed by atoms with van der Waals surface area (Å²) in [6.45, 7) is 1.82. The molecule has 2 atom stereocenters. The quantitative estimate of drug-likeness (QED) is 0.741. The second-order valence-electron chi connectivity index (χ2n) is 4.49. The van der Waals surface area contributed by atoms with Crippen LogP contribution in [0.1, 0.15) is 30.4 Å². The number of nitrogens with two attached hydrogens (primary N) is 1. The minimum Gasteiger partial charge on any atom is -0.385 e. The van der Waals surface area contributed by atoms with Gasteiger partial charge in [-0.15, -0.1) is 0 Å². The average molecular weight is 209 g/mol. The van der Waals surface area contributed by atoms with E-state index in [1.54, 1.807) is 6.07 Å². The van der Waals surface area contributed by atoms with Crippen LogP contribution >= 0.6 is 0 Å². The van der Waals surface area contributed by atoms with Gasteiger partial charge in [0.15, 0.2) is 0 Å². The lowest BCUT2D eigenvalue weighted by Gasteiger charge is -2.25. The van der Waals surface area contributed by atoms with Crippen molar-refractivity contribution >= 4 is 0 Å². The first-order chi connectivity index (χ1) is 7.01. The van der Waals surface area contributed by atoms with Gasteiger partial charge in [-0.2, -0.15) is 0 Å². The Morgan fingerprint density at radius 1 is 1.53 bits per heavy atom. The van der Waals surface area contributed by atoms with Crippen molar-refractivity contribution in [3.63, 3.8) is 0 Å². The van der Waals surface area contributed by atoms with E-state index in [4.69, 9.17) is 5.73 Å². The van der Waals surface area contributed by atoms with E-state index in [2.05, 4.69) is 0 Å². The van der Waals surface area contributed by atoms with Crippen LogP contribution in [0.4, 0.5) is 4.39 Å². The lowest BCUT2D eigenvalue weighted by atomic mass is 9.88. The van der Waals surface area contributed by atoms with Gasteiger partial charge in [0.25, 0.3) is 0 Å². The van der Waals surface area contributed by atoms with Crippen molar-refractivity contribution in [3.8, 4) is 0 Å². The molecule has 0 spiro atoms. The monoisotopic (exact) mass is 209 g/mol. The van der Waals surface area contributed by atoms with Crippen molar-refractivity contribution in [2.24, 2.45) is 5.73 Å². The lowest BCUT2D eigenvalue weighted by molar-refractivity contribution is 0.0424. The molecule has 2 rings (SSSR count). The third kappa shape index (κ3) is 1.90. The van der Waals surface area contributed by atoms with Crippen LogP contribution in [-0.4, -0.2) is 11.1 Å². The van der Waals surface area contributed by atoms with Gasteiger partial charge < -0.3 is 10.8 Å². The summed E-state index contributed by atoms with van der Waals surface area (Å²) in [4.78, 5) is 0. The number of rotatable bonds is 1. The van der Waals surface area contributed by atoms with Crippen LogP contribution < -0.4 is 5.73 Å². The third-order valence-corrected chi connectivity index (χ3v) is 3.22. The number of halogens is 1. The van der Waals surface area contributed by atoms with Crippen LogP contribution in [0.5, 0.6) is 0 Å². The van der Waals surface area contributed by atoms with Crippen molar-refractivity contribution in [1.29, 1.82) is 0 Å². The van der Waals surface area contributed by atoms with Crippen LogP contribution in [0.3, 0.4) is 0 Å². The molecule has 1 aromatic carbocycles. The molecule has 0 bridgehead atoms. The lowest BCUT2D eigenvalue weighted by Crippen LogP contribution is -2.26. The molecule has 0 aromatic heterocycles. The molecular weight excluding hydrogens is 193 g/mol. The van der Waals surface area contributed by atoms with E-state index in [9.17, 15) is 9.50 Å². The minimum absolute atomic E-state index is 0.0550. The van der Waals surface area contributed by atoms with E-state index in [-0.39, 0.29) is 11.9 Å². The molecule has 1 fully saturated rings. The van der Waals surface area contributed by atoms with Gasteiger partial charge in [-0.25, -0.2) is 4.39 Å².